The summed E-state index contributed by atoms with van der Waals surface area (Å²) in [5.74, 6) is -0.720. The monoisotopic (exact) mass is 299 g/mol. The van der Waals surface area contributed by atoms with Gasteiger partial charge in [-0.2, -0.15) is 0 Å². The van der Waals surface area contributed by atoms with E-state index in [9.17, 15) is 13.2 Å². The molecule has 0 heterocycles. The molecule has 0 bridgehead atoms. The van der Waals surface area contributed by atoms with Crippen LogP contribution in [0.4, 0.5) is 0 Å². The molecule has 0 amide bonds. The van der Waals surface area contributed by atoms with E-state index in [4.69, 9.17) is 9.84 Å². The van der Waals surface area contributed by atoms with E-state index >= 15 is 0 Å². The highest BCUT2D eigenvalue weighted by Gasteiger charge is 2.31. The highest BCUT2D eigenvalue weighted by atomic mass is 32.2. The highest BCUT2D eigenvalue weighted by Crippen LogP contribution is 2.33. The fourth-order valence-corrected chi connectivity index (χ4v) is 3.36. The fourth-order valence-electron chi connectivity index (χ4n) is 2.03. The van der Waals surface area contributed by atoms with Crippen LogP contribution < -0.4 is 9.46 Å². The van der Waals surface area contributed by atoms with Crippen LogP contribution in [0.15, 0.2) is 23.1 Å². The fraction of sp³-hybridized carbons (Fsp3) is 0.462. The zero-order chi connectivity index (χ0) is 14.9. The van der Waals surface area contributed by atoms with Crippen LogP contribution in [0.1, 0.15) is 30.1 Å². The maximum absolute atomic E-state index is 12.2. The maximum Gasteiger partial charge on any atom is 0.339 e. The molecule has 0 aromatic heterocycles. The first-order chi connectivity index (χ1) is 9.35. The highest BCUT2D eigenvalue weighted by molar-refractivity contribution is 7.89. The standard InChI is InChI=1S/C13H17NO5S/c1-8(9-3-4-9)14-20(17,18)10-5-6-12(19-2)11(7-10)13(15)16/h5-9,14H,3-4H2,1-2H3,(H,15,16). The van der Waals surface area contributed by atoms with Crippen molar-refractivity contribution >= 4 is 16.0 Å². The number of carboxylic acid groups (broad SMARTS) is 1. The van der Waals surface area contributed by atoms with E-state index in [-0.39, 0.29) is 22.3 Å². The molecule has 2 N–H and O–H groups in total. The quantitative estimate of drug-likeness (QED) is 0.829. The SMILES string of the molecule is COc1ccc(S(=O)(=O)NC(C)C2CC2)cc1C(=O)O. The third-order valence-corrected chi connectivity index (χ3v) is 4.94. The molecule has 20 heavy (non-hydrogen) atoms. The van der Waals surface area contributed by atoms with Crippen LogP contribution in [0.3, 0.4) is 0 Å². The van der Waals surface area contributed by atoms with Crippen molar-refractivity contribution in [2.75, 3.05) is 7.11 Å². The number of aromatic carboxylic acids is 1. The van der Waals surface area contributed by atoms with E-state index in [1.54, 1.807) is 0 Å². The molecule has 1 aliphatic rings. The van der Waals surface area contributed by atoms with Crippen molar-refractivity contribution in [1.29, 1.82) is 0 Å². The van der Waals surface area contributed by atoms with Crippen LogP contribution in [0.2, 0.25) is 0 Å². The zero-order valence-electron chi connectivity index (χ0n) is 11.3. The Balaban J connectivity index is 2.31. The molecular formula is C13H17NO5S. The molecule has 1 aliphatic carbocycles. The van der Waals surface area contributed by atoms with E-state index in [0.717, 1.165) is 18.9 Å². The molecule has 1 fully saturated rings. The second-order valence-electron chi connectivity index (χ2n) is 4.91. The summed E-state index contributed by atoms with van der Waals surface area (Å²) in [6.45, 7) is 1.82. The van der Waals surface area contributed by atoms with E-state index in [1.165, 1.54) is 19.2 Å². The van der Waals surface area contributed by atoms with Crippen LogP contribution in [-0.4, -0.2) is 32.6 Å². The lowest BCUT2D eigenvalue weighted by Crippen LogP contribution is -2.34. The Morgan fingerprint density at radius 3 is 2.60 bits per heavy atom. The average molecular weight is 299 g/mol. The Morgan fingerprint density at radius 2 is 2.10 bits per heavy atom. The van der Waals surface area contributed by atoms with Gasteiger partial charge in [-0.05, 0) is 43.9 Å². The summed E-state index contributed by atoms with van der Waals surface area (Å²) >= 11 is 0. The van der Waals surface area contributed by atoms with Crippen molar-refractivity contribution in [3.63, 3.8) is 0 Å². The van der Waals surface area contributed by atoms with Crippen molar-refractivity contribution < 1.29 is 23.1 Å². The molecule has 1 aromatic carbocycles. The van der Waals surface area contributed by atoms with E-state index in [1.807, 2.05) is 6.92 Å². The number of ether oxygens (including phenoxy) is 1. The number of benzene rings is 1. The maximum atomic E-state index is 12.2. The molecule has 0 radical (unpaired) electrons. The van der Waals surface area contributed by atoms with E-state index in [2.05, 4.69) is 4.72 Å². The smallest absolute Gasteiger partial charge is 0.339 e. The van der Waals surface area contributed by atoms with Crippen molar-refractivity contribution in [1.82, 2.24) is 4.72 Å². The summed E-state index contributed by atoms with van der Waals surface area (Å²) < 4.78 is 31.9. The summed E-state index contributed by atoms with van der Waals surface area (Å²) in [5, 5.41) is 9.07. The second kappa shape index (κ2) is 5.41. The van der Waals surface area contributed by atoms with Gasteiger partial charge >= 0.3 is 5.97 Å². The number of hydrogen-bond acceptors (Lipinski definition) is 4. The van der Waals surface area contributed by atoms with E-state index in [0.29, 0.717) is 5.92 Å². The van der Waals surface area contributed by atoms with E-state index < -0.39 is 16.0 Å². The molecule has 1 unspecified atom stereocenters. The Labute approximate surface area is 117 Å². The van der Waals surface area contributed by atoms with Gasteiger partial charge < -0.3 is 9.84 Å². The summed E-state index contributed by atoms with van der Waals surface area (Å²) in [4.78, 5) is 11.0. The van der Waals surface area contributed by atoms with Gasteiger partial charge in [0, 0.05) is 6.04 Å². The zero-order valence-corrected chi connectivity index (χ0v) is 12.1. The van der Waals surface area contributed by atoms with Gasteiger partial charge in [-0.25, -0.2) is 17.9 Å². The number of hydrogen-bond donors (Lipinski definition) is 2. The topological polar surface area (TPSA) is 92.7 Å². The normalized spacial score (nSPS) is 16.7. The predicted octanol–water partition coefficient (Wildman–Crippen LogP) is 1.47. The third kappa shape index (κ3) is 3.10. The number of nitrogens with one attached hydrogen (secondary N) is 1. The summed E-state index contributed by atoms with van der Waals surface area (Å²) in [5.41, 5.74) is -0.172. The number of carbonyl (C=O) groups is 1. The van der Waals surface area contributed by atoms with Gasteiger partial charge in [0.2, 0.25) is 10.0 Å². The van der Waals surface area contributed by atoms with Gasteiger partial charge in [0.15, 0.2) is 0 Å². The minimum absolute atomic E-state index is 0.0665. The van der Waals surface area contributed by atoms with Gasteiger partial charge in [0.1, 0.15) is 11.3 Å². The van der Waals surface area contributed by atoms with Gasteiger partial charge in [0.05, 0.1) is 12.0 Å². The minimum Gasteiger partial charge on any atom is -0.496 e. The van der Waals surface area contributed by atoms with Crippen LogP contribution in [0, 0.1) is 5.92 Å². The molecule has 0 spiro atoms. The molecule has 1 atom stereocenters. The largest absolute Gasteiger partial charge is 0.496 e. The van der Waals surface area contributed by atoms with Crippen molar-refractivity contribution in [2.24, 2.45) is 5.92 Å². The molecule has 0 saturated heterocycles. The summed E-state index contributed by atoms with van der Waals surface area (Å²) in [7, 11) is -2.38. The predicted molar refractivity (Wildman–Crippen MR) is 72.5 cm³/mol. The number of carboxylic acids is 1. The lowest BCUT2D eigenvalue weighted by atomic mass is 10.2. The summed E-state index contributed by atoms with van der Waals surface area (Å²) in [6, 6.07) is 3.66. The van der Waals surface area contributed by atoms with Gasteiger partial charge in [0.25, 0.3) is 0 Å². The lowest BCUT2D eigenvalue weighted by Gasteiger charge is -2.14. The minimum atomic E-state index is -3.71. The third-order valence-electron chi connectivity index (χ3n) is 3.38. The van der Waals surface area contributed by atoms with Crippen LogP contribution in [0.5, 0.6) is 5.75 Å². The Hall–Kier alpha value is -1.60. The molecule has 6 nitrogen and oxygen atoms in total. The van der Waals surface area contributed by atoms with Gasteiger partial charge in [-0.15, -0.1) is 0 Å². The molecule has 2 rings (SSSR count). The van der Waals surface area contributed by atoms with Gasteiger partial charge in [-0.1, -0.05) is 0 Å². The number of rotatable bonds is 6. The molecule has 1 aromatic rings. The summed E-state index contributed by atoms with van der Waals surface area (Å²) in [6.07, 6.45) is 2.04. The second-order valence-corrected chi connectivity index (χ2v) is 6.63. The first-order valence-corrected chi connectivity index (χ1v) is 7.77. The first-order valence-electron chi connectivity index (χ1n) is 6.29. The first kappa shape index (κ1) is 14.8. The molecule has 1 saturated carbocycles. The van der Waals surface area contributed by atoms with Crippen molar-refractivity contribution in [3.8, 4) is 5.75 Å². The molecule has 7 heteroatoms. The average Bonchev–Trinajstić information content (AvgIpc) is 3.21. The number of sulfonamides is 1. The van der Waals surface area contributed by atoms with Crippen LogP contribution >= 0.6 is 0 Å². The molecule has 0 aliphatic heterocycles. The van der Waals surface area contributed by atoms with Gasteiger partial charge in [-0.3, -0.25) is 0 Å². The van der Waals surface area contributed by atoms with Crippen molar-refractivity contribution in [3.05, 3.63) is 23.8 Å². The Kier molecular flexibility index (Phi) is 4.01. The Morgan fingerprint density at radius 1 is 1.45 bits per heavy atom. The van der Waals surface area contributed by atoms with Crippen LogP contribution in [-0.2, 0) is 10.0 Å². The molecule has 110 valence electrons. The van der Waals surface area contributed by atoms with Crippen molar-refractivity contribution in [2.45, 2.75) is 30.7 Å². The Bertz CT molecular complexity index is 622. The van der Waals surface area contributed by atoms with Crippen LogP contribution in [0.25, 0.3) is 0 Å². The number of methoxy groups -OCH3 is 1. The lowest BCUT2D eigenvalue weighted by molar-refractivity contribution is 0.0693. The molecular weight excluding hydrogens is 282 g/mol.